The first kappa shape index (κ1) is 54.4. The fourth-order valence-electron chi connectivity index (χ4n) is 7.54. The van der Waals surface area contributed by atoms with E-state index in [1.807, 2.05) is 6.08 Å². The van der Waals surface area contributed by atoms with Crippen molar-refractivity contribution in [2.75, 3.05) is 13.2 Å². The predicted octanol–water partition coefficient (Wildman–Crippen LogP) is 10.5. The van der Waals surface area contributed by atoms with Crippen molar-refractivity contribution in [3.63, 3.8) is 0 Å². The second kappa shape index (κ2) is 39.5. The summed E-state index contributed by atoms with van der Waals surface area (Å²) in [5.41, 5.74) is 0. The maximum absolute atomic E-state index is 12.9. The fraction of sp³-hybridized carbons (Fsp3) is 0.857. The molecule has 0 saturated carbocycles. The minimum atomic E-state index is -1.57. The molecule has 0 aromatic rings. The van der Waals surface area contributed by atoms with E-state index in [9.17, 15) is 30.3 Å². The molecule has 6 N–H and O–H groups in total. The largest absolute Gasteiger partial charge is 0.394 e. The third-order valence-electron chi connectivity index (χ3n) is 11.4. The molecule has 0 aromatic heterocycles. The van der Waals surface area contributed by atoms with Crippen LogP contribution >= 0.6 is 0 Å². The van der Waals surface area contributed by atoms with Crippen molar-refractivity contribution in [1.82, 2.24) is 5.32 Å². The molecule has 1 saturated heterocycles. The Balaban J connectivity index is 2.27. The number of carbonyl (C=O) groups excluding carboxylic acids is 1. The molecule has 0 spiro atoms. The number of hydrogen-bond donors (Lipinski definition) is 6. The summed E-state index contributed by atoms with van der Waals surface area (Å²) in [4.78, 5) is 12.9. The lowest BCUT2D eigenvalue weighted by atomic mass is 9.99. The van der Waals surface area contributed by atoms with Crippen LogP contribution in [0.3, 0.4) is 0 Å². The molecule has 340 valence electrons. The number of carbonyl (C=O) groups is 1. The number of rotatable bonds is 40. The van der Waals surface area contributed by atoms with Gasteiger partial charge in [-0.2, -0.15) is 0 Å². The van der Waals surface area contributed by atoms with Crippen LogP contribution in [0.1, 0.15) is 213 Å². The molecule has 1 amide bonds. The first-order chi connectivity index (χ1) is 28.3. The van der Waals surface area contributed by atoms with Gasteiger partial charge in [0.2, 0.25) is 5.91 Å². The molecule has 1 aliphatic heterocycles. The first-order valence-electron chi connectivity index (χ1n) is 24.2. The molecule has 0 bridgehead atoms. The monoisotopic (exact) mass is 822 g/mol. The third kappa shape index (κ3) is 29.6. The van der Waals surface area contributed by atoms with Crippen molar-refractivity contribution >= 4 is 5.91 Å². The summed E-state index contributed by atoms with van der Waals surface area (Å²) in [6.45, 7) is 3.73. The van der Waals surface area contributed by atoms with E-state index >= 15 is 0 Å². The molecular formula is C49H91NO8. The van der Waals surface area contributed by atoms with E-state index in [0.29, 0.717) is 6.42 Å². The van der Waals surface area contributed by atoms with Crippen molar-refractivity contribution < 1.29 is 39.8 Å². The highest BCUT2D eigenvalue weighted by Gasteiger charge is 2.44. The lowest BCUT2D eigenvalue weighted by molar-refractivity contribution is -0.302. The van der Waals surface area contributed by atoms with Gasteiger partial charge < -0.3 is 40.3 Å². The van der Waals surface area contributed by atoms with Gasteiger partial charge in [-0.15, -0.1) is 0 Å². The summed E-state index contributed by atoms with van der Waals surface area (Å²) < 4.78 is 11.2. The van der Waals surface area contributed by atoms with Gasteiger partial charge in [0.05, 0.1) is 25.4 Å². The number of aliphatic hydroxyl groups excluding tert-OH is 5. The van der Waals surface area contributed by atoms with E-state index in [-0.39, 0.29) is 12.5 Å². The summed E-state index contributed by atoms with van der Waals surface area (Å²) in [6, 6.07) is -0.823. The molecule has 7 atom stereocenters. The van der Waals surface area contributed by atoms with Crippen LogP contribution in [0.5, 0.6) is 0 Å². The number of unbranched alkanes of at least 4 members (excludes halogenated alkanes) is 26. The van der Waals surface area contributed by atoms with Crippen molar-refractivity contribution in [3.8, 4) is 0 Å². The Morgan fingerprint density at radius 1 is 0.569 bits per heavy atom. The number of aliphatic hydroxyl groups is 5. The SMILES string of the molecule is CCCCCCCCCCCCCCCCCC/C=C/CC/C=C/CC/C=C/C(O)C(COC1OC(CO)C(O)C(O)C1O)NC(=O)CCCCCCCCCCC. The quantitative estimate of drug-likeness (QED) is 0.0264. The standard InChI is InChI=1S/C49H91NO8/c1-3-5-7-9-11-13-14-15-16-17-18-19-20-21-22-23-24-25-26-27-28-29-31-32-34-36-38-43(52)42(41-57-49-48(56)47(55)46(54)44(40-51)58-49)50-45(53)39-37-35-33-30-12-10-8-6-4-2/h25-26,29,31,36,38,42-44,46-49,51-52,54-56H,3-24,27-28,30,32-35,37,39-41H2,1-2H3,(H,50,53)/b26-25+,31-29+,38-36+. The Morgan fingerprint density at radius 2 is 0.983 bits per heavy atom. The van der Waals surface area contributed by atoms with Gasteiger partial charge in [-0.05, 0) is 44.9 Å². The average Bonchev–Trinajstić information content (AvgIpc) is 3.22. The molecule has 58 heavy (non-hydrogen) atoms. The van der Waals surface area contributed by atoms with Crippen LogP contribution in [0.2, 0.25) is 0 Å². The predicted molar refractivity (Wildman–Crippen MR) is 240 cm³/mol. The molecule has 9 nitrogen and oxygen atoms in total. The van der Waals surface area contributed by atoms with E-state index in [4.69, 9.17) is 9.47 Å². The van der Waals surface area contributed by atoms with Crippen LogP contribution in [0.25, 0.3) is 0 Å². The average molecular weight is 822 g/mol. The maximum Gasteiger partial charge on any atom is 0.220 e. The fourth-order valence-corrected chi connectivity index (χ4v) is 7.54. The van der Waals surface area contributed by atoms with Gasteiger partial charge >= 0.3 is 0 Å². The molecule has 1 heterocycles. The summed E-state index contributed by atoms with van der Waals surface area (Å²) in [6.07, 6.45) is 42.2. The molecule has 9 heteroatoms. The first-order valence-corrected chi connectivity index (χ1v) is 24.2. The number of nitrogens with one attached hydrogen (secondary N) is 1. The van der Waals surface area contributed by atoms with Crippen molar-refractivity contribution in [1.29, 1.82) is 0 Å². The lowest BCUT2D eigenvalue weighted by Crippen LogP contribution is -2.60. The van der Waals surface area contributed by atoms with Crippen LogP contribution in [-0.2, 0) is 14.3 Å². The van der Waals surface area contributed by atoms with E-state index in [2.05, 4.69) is 43.5 Å². The van der Waals surface area contributed by atoms with Crippen LogP contribution in [-0.4, -0.2) is 87.5 Å². The van der Waals surface area contributed by atoms with Crippen molar-refractivity contribution in [3.05, 3.63) is 36.5 Å². The Kier molecular flexibility index (Phi) is 37.1. The highest BCUT2D eigenvalue weighted by molar-refractivity contribution is 5.76. The Morgan fingerprint density at radius 3 is 1.45 bits per heavy atom. The topological polar surface area (TPSA) is 149 Å². The molecule has 1 fully saturated rings. The summed E-state index contributed by atoms with van der Waals surface area (Å²) in [5.74, 6) is -0.195. The molecule has 0 aliphatic carbocycles. The zero-order chi connectivity index (χ0) is 42.3. The maximum atomic E-state index is 12.9. The zero-order valence-corrected chi connectivity index (χ0v) is 37.3. The van der Waals surface area contributed by atoms with E-state index in [1.54, 1.807) is 6.08 Å². The van der Waals surface area contributed by atoms with Gasteiger partial charge in [-0.3, -0.25) is 4.79 Å². The van der Waals surface area contributed by atoms with E-state index < -0.39 is 49.5 Å². The van der Waals surface area contributed by atoms with Gasteiger partial charge in [0, 0.05) is 6.42 Å². The van der Waals surface area contributed by atoms with Gasteiger partial charge in [-0.1, -0.05) is 198 Å². The molecule has 1 aliphatic rings. The molecule has 7 unspecified atom stereocenters. The molecule has 0 aromatic carbocycles. The second-order valence-corrected chi connectivity index (χ2v) is 16.9. The Bertz CT molecular complexity index is 1000. The Labute approximate surface area is 355 Å². The van der Waals surface area contributed by atoms with Crippen LogP contribution in [0.15, 0.2) is 36.5 Å². The van der Waals surface area contributed by atoms with E-state index in [0.717, 1.165) is 44.9 Å². The lowest BCUT2D eigenvalue weighted by Gasteiger charge is -2.40. The smallest absolute Gasteiger partial charge is 0.220 e. The van der Waals surface area contributed by atoms with Gasteiger partial charge in [-0.25, -0.2) is 0 Å². The number of hydrogen-bond acceptors (Lipinski definition) is 8. The number of allylic oxidation sites excluding steroid dienone is 5. The van der Waals surface area contributed by atoms with Gasteiger partial charge in [0.15, 0.2) is 6.29 Å². The van der Waals surface area contributed by atoms with Crippen molar-refractivity contribution in [2.45, 2.75) is 256 Å². The van der Waals surface area contributed by atoms with Gasteiger partial charge in [0.25, 0.3) is 0 Å². The summed E-state index contributed by atoms with van der Waals surface area (Å²) in [5, 5.41) is 54.1. The van der Waals surface area contributed by atoms with Crippen LogP contribution in [0, 0.1) is 0 Å². The van der Waals surface area contributed by atoms with Crippen molar-refractivity contribution in [2.24, 2.45) is 0 Å². The molecular weight excluding hydrogens is 731 g/mol. The summed E-state index contributed by atoms with van der Waals surface area (Å²) in [7, 11) is 0. The number of amides is 1. The zero-order valence-electron chi connectivity index (χ0n) is 37.3. The van der Waals surface area contributed by atoms with Crippen LogP contribution < -0.4 is 5.32 Å². The number of ether oxygens (including phenoxy) is 2. The Hall–Kier alpha value is -1.59. The van der Waals surface area contributed by atoms with Crippen LogP contribution in [0.4, 0.5) is 0 Å². The second-order valence-electron chi connectivity index (χ2n) is 16.9. The normalized spacial score (nSPS) is 21.1. The highest BCUT2D eigenvalue weighted by atomic mass is 16.7. The molecule has 1 rings (SSSR count). The summed E-state index contributed by atoms with van der Waals surface area (Å²) >= 11 is 0. The third-order valence-corrected chi connectivity index (χ3v) is 11.4. The van der Waals surface area contributed by atoms with Gasteiger partial charge in [0.1, 0.15) is 24.4 Å². The molecule has 0 radical (unpaired) electrons. The minimum Gasteiger partial charge on any atom is -0.394 e. The highest BCUT2D eigenvalue weighted by Crippen LogP contribution is 2.22. The van der Waals surface area contributed by atoms with E-state index in [1.165, 1.54) is 148 Å². The minimum absolute atomic E-state index is 0.195.